The fraction of sp³-hybridized carbons (Fsp3) is 0.125. The smallest absolute Gasteiger partial charge is 0.0933 e. The molecule has 0 amide bonds. The van der Waals surface area contributed by atoms with E-state index in [4.69, 9.17) is 11.0 Å². The molecule has 3 heteroatoms. The van der Waals surface area contributed by atoms with Gasteiger partial charge in [-0.05, 0) is 17.5 Å². The zero-order valence-electron chi connectivity index (χ0n) is 6.21. The van der Waals surface area contributed by atoms with Gasteiger partial charge in [0.2, 0.25) is 0 Å². The Balaban J connectivity index is 4.07. The Morgan fingerprint density at radius 2 is 2.27 bits per heavy atom. The van der Waals surface area contributed by atoms with E-state index in [9.17, 15) is 0 Å². The third-order valence-electron chi connectivity index (χ3n) is 0.846. The van der Waals surface area contributed by atoms with Gasteiger partial charge in [-0.15, -0.1) is 0 Å². The number of nitriles is 1. The Hall–Kier alpha value is -1.01. The predicted molar refractivity (Wildman–Crippen MR) is 49.7 cm³/mol. The Morgan fingerprint density at radius 3 is 2.73 bits per heavy atom. The molecule has 0 spiro atoms. The third kappa shape index (κ3) is 6.88. The van der Waals surface area contributed by atoms with Crippen LogP contribution >= 0.6 is 15.9 Å². The zero-order valence-corrected chi connectivity index (χ0v) is 7.80. The topological polar surface area (TPSA) is 49.8 Å². The molecule has 0 radical (unpaired) electrons. The van der Waals surface area contributed by atoms with Gasteiger partial charge < -0.3 is 5.73 Å². The number of halogens is 1. The van der Waals surface area contributed by atoms with Gasteiger partial charge in [0, 0.05) is 11.8 Å². The molecule has 11 heavy (non-hydrogen) atoms. The summed E-state index contributed by atoms with van der Waals surface area (Å²) < 4.78 is 1.01. The Labute approximate surface area is 74.8 Å². The highest BCUT2D eigenvalue weighted by molar-refractivity contribution is 9.11. The molecule has 0 saturated carbocycles. The summed E-state index contributed by atoms with van der Waals surface area (Å²) in [6.07, 6.45) is 6.56. The molecule has 0 atom stereocenters. The van der Waals surface area contributed by atoms with Crippen molar-refractivity contribution >= 4 is 15.9 Å². The van der Waals surface area contributed by atoms with Crippen LogP contribution in [-0.2, 0) is 0 Å². The van der Waals surface area contributed by atoms with E-state index >= 15 is 0 Å². The van der Waals surface area contributed by atoms with E-state index in [1.807, 2.05) is 19.1 Å². The lowest BCUT2D eigenvalue weighted by atomic mass is 10.3. The molecular formula is C8H9BrN2. The highest BCUT2D eigenvalue weighted by atomic mass is 79.9. The summed E-state index contributed by atoms with van der Waals surface area (Å²) in [5.74, 6) is 0. The van der Waals surface area contributed by atoms with Gasteiger partial charge >= 0.3 is 0 Å². The van der Waals surface area contributed by atoms with E-state index in [0.717, 1.165) is 4.48 Å². The van der Waals surface area contributed by atoms with Crippen molar-refractivity contribution in [2.24, 2.45) is 5.73 Å². The maximum atomic E-state index is 8.18. The van der Waals surface area contributed by atoms with Crippen molar-refractivity contribution in [2.75, 3.05) is 0 Å². The summed E-state index contributed by atoms with van der Waals surface area (Å²) in [5.41, 5.74) is 5.83. The molecule has 0 saturated heterocycles. The monoisotopic (exact) mass is 212 g/mol. The lowest BCUT2D eigenvalue weighted by molar-refractivity contribution is 1.41. The number of rotatable bonds is 2. The molecule has 0 bridgehead atoms. The normalized spacial score (nSPS) is 13.5. The van der Waals surface area contributed by atoms with Crippen LogP contribution in [0, 0.1) is 11.3 Å². The van der Waals surface area contributed by atoms with Crippen molar-refractivity contribution in [1.82, 2.24) is 0 Å². The van der Waals surface area contributed by atoms with Crippen LogP contribution in [0.15, 0.2) is 34.5 Å². The highest BCUT2D eigenvalue weighted by Crippen LogP contribution is 2.01. The van der Waals surface area contributed by atoms with Crippen molar-refractivity contribution in [3.05, 3.63) is 34.5 Å². The lowest BCUT2D eigenvalue weighted by Gasteiger charge is -1.84. The molecule has 0 rings (SSSR count). The molecule has 0 aromatic carbocycles. The Bertz CT molecular complexity index is 239. The van der Waals surface area contributed by atoms with E-state index in [0.29, 0.717) is 5.70 Å². The molecule has 2 N–H and O–H groups in total. The predicted octanol–water partition coefficient (Wildman–Crippen LogP) is 2.21. The van der Waals surface area contributed by atoms with E-state index in [2.05, 4.69) is 15.9 Å². The first-order chi connectivity index (χ1) is 5.16. The van der Waals surface area contributed by atoms with E-state index < -0.39 is 0 Å². The van der Waals surface area contributed by atoms with E-state index in [1.165, 1.54) is 6.08 Å². The first-order valence-electron chi connectivity index (χ1n) is 3.02. The third-order valence-corrected chi connectivity index (χ3v) is 1.11. The van der Waals surface area contributed by atoms with Crippen LogP contribution in [0.4, 0.5) is 0 Å². The van der Waals surface area contributed by atoms with Crippen molar-refractivity contribution < 1.29 is 0 Å². The summed E-state index contributed by atoms with van der Waals surface area (Å²) in [5, 5.41) is 8.18. The van der Waals surface area contributed by atoms with Crippen LogP contribution in [0.1, 0.15) is 6.92 Å². The molecule has 0 aromatic heterocycles. The maximum Gasteiger partial charge on any atom is 0.0933 e. The van der Waals surface area contributed by atoms with Gasteiger partial charge in [-0.1, -0.05) is 28.1 Å². The summed E-state index contributed by atoms with van der Waals surface area (Å²) in [6, 6.07) is 1.83. The van der Waals surface area contributed by atoms with Crippen molar-refractivity contribution in [1.29, 1.82) is 5.26 Å². The van der Waals surface area contributed by atoms with Gasteiger partial charge in [0.1, 0.15) is 0 Å². The zero-order chi connectivity index (χ0) is 8.69. The second-order valence-corrected chi connectivity index (χ2v) is 3.14. The SMILES string of the molecule is C\C(Br)=C/C=C\C(N)=C\C#N. The lowest BCUT2D eigenvalue weighted by Crippen LogP contribution is -1.90. The largest absolute Gasteiger partial charge is 0.398 e. The minimum atomic E-state index is 0.456. The number of hydrogen-bond donors (Lipinski definition) is 1. The molecule has 0 aliphatic rings. The quantitative estimate of drug-likeness (QED) is 0.564. The second kappa shape index (κ2) is 5.75. The first kappa shape index (κ1) is 9.99. The van der Waals surface area contributed by atoms with Crippen LogP contribution in [0.3, 0.4) is 0 Å². The maximum absolute atomic E-state index is 8.18. The number of nitrogens with two attached hydrogens (primary N) is 1. The Morgan fingerprint density at radius 1 is 1.64 bits per heavy atom. The first-order valence-corrected chi connectivity index (χ1v) is 3.82. The average molecular weight is 213 g/mol. The summed E-state index contributed by atoms with van der Waals surface area (Å²) in [7, 11) is 0. The van der Waals surface area contributed by atoms with E-state index in [-0.39, 0.29) is 0 Å². The summed E-state index contributed by atoms with van der Waals surface area (Å²) in [6.45, 7) is 1.91. The number of allylic oxidation sites excluding steroid dienone is 5. The van der Waals surface area contributed by atoms with Crippen molar-refractivity contribution in [3.63, 3.8) is 0 Å². The van der Waals surface area contributed by atoms with Crippen LogP contribution < -0.4 is 5.73 Å². The van der Waals surface area contributed by atoms with Crippen molar-refractivity contribution in [2.45, 2.75) is 6.92 Å². The minimum Gasteiger partial charge on any atom is -0.398 e. The molecule has 0 unspecified atom stereocenters. The standard InChI is InChI=1S/C8H9BrN2/c1-7(9)3-2-4-8(11)5-6-10/h2-5H,11H2,1H3/b4-2-,7-3+,8-5-. The molecule has 0 fully saturated rings. The number of hydrogen-bond acceptors (Lipinski definition) is 2. The van der Waals surface area contributed by atoms with E-state index in [1.54, 1.807) is 12.2 Å². The molecule has 0 aliphatic carbocycles. The van der Waals surface area contributed by atoms with Gasteiger partial charge in [0.25, 0.3) is 0 Å². The molecule has 58 valence electrons. The van der Waals surface area contributed by atoms with Crippen molar-refractivity contribution in [3.8, 4) is 6.07 Å². The molecule has 2 nitrogen and oxygen atoms in total. The average Bonchev–Trinajstić information content (AvgIpc) is 1.87. The molecular weight excluding hydrogens is 204 g/mol. The van der Waals surface area contributed by atoms with Gasteiger partial charge in [-0.3, -0.25) is 0 Å². The van der Waals surface area contributed by atoms with Gasteiger partial charge in [0.05, 0.1) is 6.07 Å². The molecule has 0 heterocycles. The van der Waals surface area contributed by atoms with Crippen LogP contribution in [0.25, 0.3) is 0 Å². The van der Waals surface area contributed by atoms with Crippen LogP contribution in [-0.4, -0.2) is 0 Å². The summed E-state index contributed by atoms with van der Waals surface area (Å²) >= 11 is 3.25. The second-order valence-electron chi connectivity index (χ2n) is 1.89. The Kier molecular flexibility index (Phi) is 5.22. The summed E-state index contributed by atoms with van der Waals surface area (Å²) in [4.78, 5) is 0. The van der Waals surface area contributed by atoms with Gasteiger partial charge in [0.15, 0.2) is 0 Å². The van der Waals surface area contributed by atoms with Gasteiger partial charge in [-0.2, -0.15) is 5.26 Å². The van der Waals surface area contributed by atoms with Gasteiger partial charge in [-0.25, -0.2) is 0 Å². The van der Waals surface area contributed by atoms with Crippen LogP contribution in [0.2, 0.25) is 0 Å². The molecule has 0 aliphatic heterocycles. The highest BCUT2D eigenvalue weighted by Gasteiger charge is 1.78. The molecule has 0 aromatic rings. The fourth-order valence-corrected chi connectivity index (χ4v) is 0.567. The van der Waals surface area contributed by atoms with Crippen LogP contribution in [0.5, 0.6) is 0 Å². The number of nitrogens with zero attached hydrogens (tertiary/aromatic N) is 1. The fourth-order valence-electron chi connectivity index (χ4n) is 0.414. The minimum absolute atomic E-state index is 0.456.